The number of amides is 3. The van der Waals surface area contributed by atoms with Crippen molar-refractivity contribution in [2.24, 2.45) is 0 Å². The molecule has 2 aromatic rings. The second-order valence-electron chi connectivity index (χ2n) is 12.4. The summed E-state index contributed by atoms with van der Waals surface area (Å²) in [5, 5.41) is 15.1. The first-order chi connectivity index (χ1) is 22.0. The van der Waals surface area contributed by atoms with Crippen molar-refractivity contribution in [3.63, 3.8) is 0 Å². The van der Waals surface area contributed by atoms with E-state index < -0.39 is 41.4 Å². The number of carboxylic acid groups (broad SMARTS) is 1. The Morgan fingerprint density at radius 3 is 1.45 bits per heavy atom. The Labute approximate surface area is 277 Å². The van der Waals surface area contributed by atoms with Gasteiger partial charge in [-0.3, -0.25) is 9.63 Å². The number of aliphatic carboxylic acids is 1. The minimum absolute atomic E-state index is 0.168. The summed E-state index contributed by atoms with van der Waals surface area (Å²) >= 11 is 0. The van der Waals surface area contributed by atoms with Gasteiger partial charge in [0.15, 0.2) is 0 Å². The van der Waals surface area contributed by atoms with Gasteiger partial charge in [-0.25, -0.2) is 19.4 Å². The standard InChI is InChI=1S/C18H28N2O5.C16H23NO5/c1-18(2,3)25-17(22)19-15(16(21)20(4)23-5)11-12-24-13-14-9-7-6-8-10-14;1-16(2,3)22-15(20)17-13(14(18)19)9-10-21-11-12-7-5-4-6-8-12/h6-10,15H,11-13H2,1-5H3,(H,19,22);4-8,13H,9-11H2,1-3H3,(H,17,20)(H,18,19)/t15-;13-/m00/s1. The average molecular weight is 662 g/mol. The Morgan fingerprint density at radius 1 is 0.702 bits per heavy atom. The monoisotopic (exact) mass is 661 g/mol. The molecule has 2 atom stereocenters. The number of carboxylic acids is 1. The minimum Gasteiger partial charge on any atom is -0.480 e. The normalized spacial score (nSPS) is 12.4. The van der Waals surface area contributed by atoms with Gasteiger partial charge >= 0.3 is 18.2 Å². The van der Waals surface area contributed by atoms with Gasteiger partial charge in [0.1, 0.15) is 23.3 Å². The minimum atomic E-state index is -1.12. The molecule has 2 aromatic carbocycles. The molecule has 0 spiro atoms. The van der Waals surface area contributed by atoms with Crippen LogP contribution < -0.4 is 10.6 Å². The van der Waals surface area contributed by atoms with E-state index in [1.165, 1.54) is 14.2 Å². The molecule has 47 heavy (non-hydrogen) atoms. The number of carbonyl (C=O) groups excluding carboxylic acids is 3. The van der Waals surface area contributed by atoms with E-state index in [2.05, 4.69) is 10.6 Å². The number of likely N-dealkylation sites (N-methyl/N-ethyl adjacent to an activating group) is 1. The van der Waals surface area contributed by atoms with E-state index in [9.17, 15) is 19.2 Å². The zero-order valence-electron chi connectivity index (χ0n) is 28.7. The van der Waals surface area contributed by atoms with Crippen LogP contribution >= 0.6 is 0 Å². The molecular formula is C34H51N3O10. The summed E-state index contributed by atoms with van der Waals surface area (Å²) in [4.78, 5) is 51.9. The summed E-state index contributed by atoms with van der Waals surface area (Å²) < 4.78 is 21.3. The van der Waals surface area contributed by atoms with Crippen molar-refractivity contribution in [2.75, 3.05) is 27.4 Å². The highest BCUT2D eigenvalue weighted by molar-refractivity contribution is 5.84. The third kappa shape index (κ3) is 19.8. The van der Waals surface area contributed by atoms with Gasteiger partial charge in [-0.2, -0.15) is 0 Å². The van der Waals surface area contributed by atoms with Gasteiger partial charge in [0.25, 0.3) is 5.91 Å². The first-order valence-electron chi connectivity index (χ1n) is 15.3. The molecule has 13 heteroatoms. The molecule has 0 bridgehead atoms. The van der Waals surface area contributed by atoms with Gasteiger partial charge in [-0.05, 0) is 52.7 Å². The number of ether oxygens (including phenoxy) is 4. The Balaban J connectivity index is 0.000000474. The van der Waals surface area contributed by atoms with E-state index in [1.807, 2.05) is 60.7 Å². The van der Waals surface area contributed by atoms with E-state index in [1.54, 1.807) is 41.5 Å². The third-order valence-electron chi connectivity index (χ3n) is 5.89. The predicted octanol–water partition coefficient (Wildman–Crippen LogP) is 5.08. The van der Waals surface area contributed by atoms with Gasteiger partial charge in [0, 0.05) is 33.1 Å². The van der Waals surface area contributed by atoms with Gasteiger partial charge in [-0.15, -0.1) is 0 Å². The molecule has 0 aromatic heterocycles. The second kappa shape index (κ2) is 20.8. The smallest absolute Gasteiger partial charge is 0.408 e. The molecule has 0 aliphatic heterocycles. The Hall–Kier alpha value is -4.20. The van der Waals surface area contributed by atoms with Gasteiger partial charge < -0.3 is 34.7 Å². The first-order valence-corrected chi connectivity index (χ1v) is 15.3. The van der Waals surface area contributed by atoms with Crippen molar-refractivity contribution >= 4 is 24.1 Å². The summed E-state index contributed by atoms with van der Waals surface area (Å²) in [5.41, 5.74) is 0.736. The summed E-state index contributed by atoms with van der Waals surface area (Å²) in [6.07, 6.45) is -0.929. The number of hydrogen-bond acceptors (Lipinski definition) is 9. The van der Waals surface area contributed by atoms with Crippen LogP contribution in [0.15, 0.2) is 60.7 Å². The van der Waals surface area contributed by atoms with Crippen LogP contribution in [0.3, 0.4) is 0 Å². The average Bonchev–Trinajstić information content (AvgIpc) is 2.99. The molecule has 3 N–H and O–H groups in total. The lowest BCUT2D eigenvalue weighted by Crippen LogP contribution is -2.48. The van der Waals surface area contributed by atoms with Crippen LogP contribution in [0.5, 0.6) is 0 Å². The molecule has 0 aliphatic carbocycles. The zero-order valence-corrected chi connectivity index (χ0v) is 28.7. The summed E-state index contributed by atoms with van der Waals surface area (Å²) in [6, 6.07) is 17.5. The van der Waals surface area contributed by atoms with Gasteiger partial charge in [-0.1, -0.05) is 60.7 Å². The largest absolute Gasteiger partial charge is 0.480 e. The molecule has 0 fully saturated rings. The maximum absolute atomic E-state index is 12.3. The highest BCUT2D eigenvalue weighted by atomic mass is 16.7. The topological polar surface area (TPSA) is 162 Å². The van der Waals surface area contributed by atoms with Crippen molar-refractivity contribution in [1.82, 2.24) is 15.7 Å². The van der Waals surface area contributed by atoms with Crippen LogP contribution in [0, 0.1) is 0 Å². The molecule has 0 radical (unpaired) electrons. The SMILES string of the molecule is CC(C)(C)OC(=O)N[C@@H](CCOCc1ccccc1)C(=O)O.CON(C)C(=O)[C@H](CCOCc1ccccc1)NC(=O)OC(C)(C)C. The fourth-order valence-corrected chi connectivity index (χ4v) is 3.65. The number of hydroxylamine groups is 2. The van der Waals surface area contributed by atoms with Crippen LogP contribution in [-0.2, 0) is 46.6 Å². The lowest BCUT2D eigenvalue weighted by molar-refractivity contribution is -0.171. The quantitative estimate of drug-likeness (QED) is 0.173. The van der Waals surface area contributed by atoms with Crippen LogP contribution in [0.4, 0.5) is 9.59 Å². The van der Waals surface area contributed by atoms with E-state index in [-0.39, 0.29) is 18.9 Å². The maximum Gasteiger partial charge on any atom is 0.408 e. The number of carbonyl (C=O) groups is 4. The van der Waals surface area contributed by atoms with Gasteiger partial charge in [0.2, 0.25) is 0 Å². The molecule has 262 valence electrons. The summed E-state index contributed by atoms with van der Waals surface area (Å²) in [6.45, 7) is 11.8. The van der Waals surface area contributed by atoms with Crippen LogP contribution in [0.1, 0.15) is 65.5 Å². The number of rotatable bonds is 15. The van der Waals surface area contributed by atoms with Crippen molar-refractivity contribution in [1.29, 1.82) is 0 Å². The van der Waals surface area contributed by atoms with E-state index in [4.69, 9.17) is 28.9 Å². The fraction of sp³-hybridized carbons (Fsp3) is 0.529. The highest BCUT2D eigenvalue weighted by Gasteiger charge is 2.27. The Kier molecular flexibility index (Phi) is 18.1. The van der Waals surface area contributed by atoms with Crippen molar-refractivity contribution in [3.8, 4) is 0 Å². The highest BCUT2D eigenvalue weighted by Crippen LogP contribution is 2.10. The van der Waals surface area contributed by atoms with Crippen molar-refractivity contribution in [3.05, 3.63) is 71.8 Å². The predicted molar refractivity (Wildman–Crippen MR) is 175 cm³/mol. The number of nitrogens with zero attached hydrogens (tertiary/aromatic N) is 1. The lowest BCUT2D eigenvalue weighted by atomic mass is 10.2. The van der Waals surface area contributed by atoms with E-state index in [0.717, 1.165) is 16.2 Å². The molecule has 0 saturated heterocycles. The first kappa shape index (κ1) is 40.8. The number of alkyl carbamates (subject to hydrolysis) is 2. The molecule has 0 heterocycles. The molecule has 13 nitrogen and oxygen atoms in total. The zero-order chi connectivity index (χ0) is 35.5. The van der Waals surface area contributed by atoms with Crippen molar-refractivity contribution in [2.45, 2.75) is 90.9 Å². The molecule has 2 rings (SSSR count). The number of nitrogens with one attached hydrogen (secondary N) is 2. The fourth-order valence-electron chi connectivity index (χ4n) is 3.65. The summed E-state index contributed by atoms with van der Waals surface area (Å²) in [7, 11) is 2.87. The molecule has 0 saturated carbocycles. The van der Waals surface area contributed by atoms with Crippen LogP contribution in [0.2, 0.25) is 0 Å². The lowest BCUT2D eigenvalue weighted by Gasteiger charge is -2.25. The van der Waals surface area contributed by atoms with Crippen LogP contribution in [0.25, 0.3) is 0 Å². The number of hydrogen-bond donors (Lipinski definition) is 3. The van der Waals surface area contributed by atoms with Gasteiger partial charge in [0.05, 0.1) is 20.3 Å². The molecule has 3 amide bonds. The van der Waals surface area contributed by atoms with E-state index in [0.29, 0.717) is 26.2 Å². The second-order valence-corrected chi connectivity index (χ2v) is 12.4. The Morgan fingerprint density at radius 2 is 1.09 bits per heavy atom. The molecule has 0 unspecified atom stereocenters. The third-order valence-corrected chi connectivity index (χ3v) is 5.89. The molecule has 0 aliphatic rings. The number of benzene rings is 2. The maximum atomic E-state index is 12.3. The molecular weight excluding hydrogens is 610 g/mol. The van der Waals surface area contributed by atoms with Crippen molar-refractivity contribution < 1.29 is 48.1 Å². The Bertz CT molecular complexity index is 1210. The van der Waals surface area contributed by atoms with E-state index >= 15 is 0 Å². The summed E-state index contributed by atoms with van der Waals surface area (Å²) in [5.74, 6) is -1.49. The van der Waals surface area contributed by atoms with Crippen LogP contribution in [-0.4, -0.2) is 84.9 Å².